The van der Waals surface area contributed by atoms with Gasteiger partial charge in [-0.2, -0.15) is 0 Å². The zero-order valence-corrected chi connectivity index (χ0v) is 30.1. The molecule has 3 heteroatoms. The molecule has 0 radical (unpaired) electrons. The first-order valence-corrected chi connectivity index (χ1v) is 18.6. The molecule has 57 heavy (non-hydrogen) atoms. The molecular weight excluding hydrogens is 691 g/mol. The van der Waals surface area contributed by atoms with Gasteiger partial charge in [0.25, 0.3) is 0 Å². The lowest BCUT2D eigenvalue weighted by atomic mass is 10.0. The minimum Gasteiger partial charge on any atom is -0.309 e. The lowest BCUT2D eigenvalue weighted by Crippen LogP contribution is -1.98. The summed E-state index contributed by atoms with van der Waals surface area (Å²) in [4.78, 5) is 0. The molecule has 0 saturated heterocycles. The summed E-state index contributed by atoms with van der Waals surface area (Å²) in [5.41, 5.74) is 6.76. The van der Waals surface area contributed by atoms with E-state index in [1.54, 1.807) is 12.1 Å². The molecule has 3 nitrogen and oxygen atoms in total. The summed E-state index contributed by atoms with van der Waals surface area (Å²) in [5.74, 6) is 0. The first-order chi connectivity index (χ1) is 33.3. The molecule has 0 unspecified atom stereocenters. The smallest absolute Gasteiger partial charge is 0.0645 e. The third-order valence-corrected chi connectivity index (χ3v) is 11.0. The molecule has 0 atom stereocenters. The lowest BCUT2D eigenvalue weighted by molar-refractivity contribution is 1.17. The average molecular weight is 738 g/mol. The number of nitrogens with zero attached hydrogens (tertiary/aromatic N) is 3. The van der Waals surface area contributed by atoms with Gasteiger partial charge in [0.1, 0.15) is 0 Å². The summed E-state index contributed by atoms with van der Waals surface area (Å²) >= 11 is 0. The van der Waals surface area contributed by atoms with Gasteiger partial charge in [0.2, 0.25) is 0 Å². The van der Waals surface area contributed by atoms with Crippen LogP contribution < -0.4 is 0 Å². The Balaban J connectivity index is 1.20. The molecule has 0 N–H and O–H groups in total. The van der Waals surface area contributed by atoms with Gasteiger partial charge >= 0.3 is 0 Å². The van der Waals surface area contributed by atoms with E-state index in [0.717, 1.165) is 65.0 Å². The van der Waals surface area contributed by atoms with Crippen LogP contribution in [0.15, 0.2) is 212 Å². The summed E-state index contributed by atoms with van der Waals surface area (Å²) in [5, 5.41) is 3.72. The van der Waals surface area contributed by atoms with Crippen molar-refractivity contribution in [2.45, 2.75) is 0 Å². The fourth-order valence-corrected chi connectivity index (χ4v) is 8.66. The topological polar surface area (TPSA) is 14.8 Å². The van der Waals surface area contributed by atoms with Crippen LogP contribution in [0.25, 0.3) is 105 Å². The van der Waals surface area contributed by atoms with Crippen molar-refractivity contribution < 1.29 is 16.4 Å². The Morgan fingerprint density at radius 2 is 0.947 bits per heavy atom. The Bertz CT molecular complexity index is 4200. The average Bonchev–Trinajstić information content (AvgIpc) is 4.03. The van der Waals surface area contributed by atoms with Gasteiger partial charge < -0.3 is 13.7 Å². The van der Waals surface area contributed by atoms with E-state index < -0.39 is 72.2 Å². The second-order valence-electron chi connectivity index (χ2n) is 14.0. The molecule has 9 aromatic carbocycles. The Morgan fingerprint density at radius 1 is 0.333 bits per heavy atom. The van der Waals surface area contributed by atoms with Gasteiger partial charge in [0.05, 0.1) is 60.9 Å². The van der Waals surface area contributed by atoms with E-state index in [4.69, 9.17) is 11.0 Å². The van der Waals surface area contributed by atoms with Crippen molar-refractivity contribution in [1.29, 1.82) is 0 Å². The Kier molecular flexibility index (Phi) is 4.82. The quantitative estimate of drug-likeness (QED) is 0.167. The van der Waals surface area contributed by atoms with Crippen LogP contribution in [0.1, 0.15) is 16.4 Å². The Labute approximate surface area is 346 Å². The standard InChI is InChI=1S/C54H35N3/c1-3-17-36(18-4-1)39-21-7-13-27-47(39)57-49-29-15-9-23-41(49)43-32-34-52-53(54(43)57)44-25-11-16-30-50(44)56(52)46-26-12-8-22-40(46)37-31-33-51-45(35-37)42-24-10-14-28-48(42)55(51)38-19-5-2-6-20-38/h1-35H/i2D,5D,6D,10D,14D,19D,20D,24D,28D,31D,33D,35D. The molecule has 0 saturated carbocycles. The van der Waals surface area contributed by atoms with Crippen molar-refractivity contribution in [3.05, 3.63) is 212 Å². The SMILES string of the molecule is [2H]c1c([2H])c([2H])c(-n2c3c([2H])c([2H])c([2H])c([2H])c3c3c([2H])c(-c4ccccc4-n4c5ccccc5c5c4ccc4c6ccccc6n(-c6ccccc6-c6ccccc6)c45)c([2H])c([2H])c32)c([2H])c1[2H]. The van der Waals surface area contributed by atoms with Crippen LogP contribution in [0, 0.1) is 0 Å². The van der Waals surface area contributed by atoms with Crippen molar-refractivity contribution in [3.63, 3.8) is 0 Å². The van der Waals surface area contributed by atoms with Crippen molar-refractivity contribution in [2.24, 2.45) is 0 Å². The Hall–Kier alpha value is -7.62. The predicted molar refractivity (Wildman–Crippen MR) is 240 cm³/mol. The highest BCUT2D eigenvalue weighted by Gasteiger charge is 2.23. The molecule has 0 fully saturated rings. The van der Waals surface area contributed by atoms with Crippen LogP contribution in [-0.2, 0) is 0 Å². The number of fused-ring (bicyclic) bond motifs is 10. The second kappa shape index (κ2) is 12.5. The zero-order chi connectivity index (χ0) is 47.9. The number of hydrogen-bond acceptors (Lipinski definition) is 0. The molecule has 0 aliphatic carbocycles. The third-order valence-electron chi connectivity index (χ3n) is 11.0. The van der Waals surface area contributed by atoms with E-state index >= 15 is 0 Å². The highest BCUT2D eigenvalue weighted by Crippen LogP contribution is 2.45. The van der Waals surface area contributed by atoms with Crippen molar-refractivity contribution in [1.82, 2.24) is 13.7 Å². The molecule has 3 heterocycles. The third kappa shape index (κ3) is 4.66. The predicted octanol–water partition coefficient (Wildman–Crippen LogP) is 14.3. The highest BCUT2D eigenvalue weighted by molar-refractivity contribution is 6.26. The first-order valence-electron chi connectivity index (χ1n) is 24.6. The monoisotopic (exact) mass is 737 g/mol. The van der Waals surface area contributed by atoms with E-state index in [9.17, 15) is 5.48 Å². The van der Waals surface area contributed by atoms with Crippen LogP contribution in [0.3, 0.4) is 0 Å². The van der Waals surface area contributed by atoms with Crippen LogP contribution >= 0.6 is 0 Å². The molecule has 0 aliphatic heterocycles. The van der Waals surface area contributed by atoms with Crippen LogP contribution in [0.4, 0.5) is 0 Å². The molecule has 3 aromatic heterocycles. The van der Waals surface area contributed by atoms with E-state index in [1.807, 2.05) is 72.8 Å². The summed E-state index contributed by atoms with van der Waals surface area (Å²) in [6, 6.07) is 39.5. The molecule has 0 bridgehead atoms. The van der Waals surface area contributed by atoms with Crippen LogP contribution in [0.5, 0.6) is 0 Å². The van der Waals surface area contributed by atoms with Gasteiger partial charge in [-0.15, -0.1) is 0 Å². The summed E-state index contributed by atoms with van der Waals surface area (Å²) in [6.45, 7) is 0. The van der Waals surface area contributed by atoms with Gasteiger partial charge in [-0.1, -0.05) is 151 Å². The van der Waals surface area contributed by atoms with Gasteiger partial charge in [-0.3, -0.25) is 0 Å². The lowest BCUT2D eigenvalue weighted by Gasteiger charge is -2.15. The van der Waals surface area contributed by atoms with Gasteiger partial charge in [-0.05, 0) is 71.7 Å². The normalized spacial score (nSPS) is 14.8. The van der Waals surface area contributed by atoms with Crippen molar-refractivity contribution >= 4 is 65.4 Å². The fraction of sp³-hybridized carbons (Fsp3) is 0. The van der Waals surface area contributed by atoms with Gasteiger partial charge in [0, 0.05) is 49.1 Å². The minimum atomic E-state index is -0.694. The zero-order valence-electron chi connectivity index (χ0n) is 42.1. The van der Waals surface area contributed by atoms with E-state index in [2.05, 4.69) is 63.7 Å². The molecule has 0 amide bonds. The summed E-state index contributed by atoms with van der Waals surface area (Å²) in [7, 11) is 0. The van der Waals surface area contributed by atoms with Crippen LogP contribution in [-0.4, -0.2) is 13.7 Å². The summed E-state index contributed by atoms with van der Waals surface area (Å²) in [6.07, 6.45) is 0. The molecule has 266 valence electrons. The molecule has 12 rings (SSSR count). The maximum atomic E-state index is 10.0. The number of benzene rings is 9. The summed E-state index contributed by atoms with van der Waals surface area (Å²) < 4.78 is 114. The van der Waals surface area contributed by atoms with Crippen LogP contribution in [0.2, 0.25) is 0 Å². The maximum absolute atomic E-state index is 10.0. The van der Waals surface area contributed by atoms with Gasteiger partial charge in [0.15, 0.2) is 0 Å². The number of para-hydroxylation sites is 6. The number of aromatic nitrogens is 3. The fourth-order valence-electron chi connectivity index (χ4n) is 8.66. The minimum absolute atomic E-state index is 0.00790. The van der Waals surface area contributed by atoms with Crippen molar-refractivity contribution in [2.75, 3.05) is 0 Å². The maximum Gasteiger partial charge on any atom is 0.0645 e. The number of hydrogen-bond donors (Lipinski definition) is 0. The molecule has 0 spiro atoms. The molecule has 0 aliphatic rings. The number of rotatable bonds is 5. The second-order valence-corrected chi connectivity index (χ2v) is 14.0. The molecule has 12 aromatic rings. The molecular formula is C54H35N3. The first kappa shape index (κ1) is 22.1. The highest BCUT2D eigenvalue weighted by atomic mass is 15.0. The van der Waals surface area contributed by atoms with E-state index in [-0.39, 0.29) is 33.4 Å². The largest absolute Gasteiger partial charge is 0.309 e. The van der Waals surface area contributed by atoms with Crippen molar-refractivity contribution in [3.8, 4) is 39.3 Å². The van der Waals surface area contributed by atoms with E-state index in [1.165, 1.54) is 0 Å². The van der Waals surface area contributed by atoms with Gasteiger partial charge in [-0.25, -0.2) is 0 Å². The van der Waals surface area contributed by atoms with E-state index in [0.29, 0.717) is 11.3 Å². The Morgan fingerprint density at radius 3 is 1.75 bits per heavy atom.